The topological polar surface area (TPSA) is 35.5 Å². The lowest BCUT2D eigenvalue weighted by molar-refractivity contribution is -0.145. The summed E-state index contributed by atoms with van der Waals surface area (Å²) in [6.07, 6.45) is 7.85. The standard InChI is InChI=1S/C17H24O3/c1-19-15-11-9-14(10-12-15)16-8-6-4-2-3-5-7-13-20-17(16)18/h9-12,16H,2-8,13H2,1H3. The van der Waals surface area contributed by atoms with E-state index in [1.807, 2.05) is 24.3 Å². The highest BCUT2D eigenvalue weighted by Crippen LogP contribution is 2.27. The Balaban J connectivity index is 2.08. The lowest BCUT2D eigenvalue weighted by Gasteiger charge is -2.16. The molecule has 1 aromatic rings. The van der Waals surface area contributed by atoms with Crippen molar-refractivity contribution in [3.63, 3.8) is 0 Å². The SMILES string of the molecule is COc1ccc(C2CCCCCCCCOC2=O)cc1. The first-order valence-corrected chi connectivity index (χ1v) is 7.62. The van der Waals surface area contributed by atoms with Crippen LogP contribution in [0.25, 0.3) is 0 Å². The number of hydrogen-bond donors (Lipinski definition) is 0. The maximum atomic E-state index is 12.2. The summed E-state index contributed by atoms with van der Waals surface area (Å²) in [7, 11) is 1.65. The van der Waals surface area contributed by atoms with E-state index >= 15 is 0 Å². The van der Waals surface area contributed by atoms with Gasteiger partial charge in [-0.3, -0.25) is 4.79 Å². The van der Waals surface area contributed by atoms with Gasteiger partial charge < -0.3 is 9.47 Å². The highest BCUT2D eigenvalue weighted by molar-refractivity contribution is 5.78. The number of hydrogen-bond acceptors (Lipinski definition) is 3. The minimum absolute atomic E-state index is 0.0722. The Morgan fingerprint density at radius 3 is 2.35 bits per heavy atom. The second-order valence-corrected chi connectivity index (χ2v) is 5.40. The van der Waals surface area contributed by atoms with Crippen LogP contribution < -0.4 is 4.74 Å². The zero-order valence-electron chi connectivity index (χ0n) is 12.3. The van der Waals surface area contributed by atoms with E-state index in [1.54, 1.807) is 7.11 Å². The molecule has 1 heterocycles. The molecule has 1 aromatic carbocycles. The summed E-state index contributed by atoms with van der Waals surface area (Å²) in [6.45, 7) is 0.561. The molecule has 110 valence electrons. The van der Waals surface area contributed by atoms with Crippen LogP contribution in [0.5, 0.6) is 5.75 Å². The first-order valence-electron chi connectivity index (χ1n) is 7.62. The van der Waals surface area contributed by atoms with Gasteiger partial charge >= 0.3 is 5.97 Å². The lowest BCUT2D eigenvalue weighted by atomic mass is 9.93. The van der Waals surface area contributed by atoms with Gasteiger partial charge in [-0.1, -0.05) is 44.2 Å². The monoisotopic (exact) mass is 276 g/mol. The molecule has 3 heteroatoms. The van der Waals surface area contributed by atoms with Gasteiger partial charge in [0.15, 0.2) is 0 Å². The molecule has 20 heavy (non-hydrogen) atoms. The molecule has 0 saturated carbocycles. The van der Waals surface area contributed by atoms with Crippen molar-refractivity contribution in [3.8, 4) is 5.75 Å². The van der Waals surface area contributed by atoms with Gasteiger partial charge in [0.05, 0.1) is 19.6 Å². The molecule has 0 N–H and O–H groups in total. The van der Waals surface area contributed by atoms with Crippen molar-refractivity contribution in [2.45, 2.75) is 50.9 Å². The van der Waals surface area contributed by atoms with E-state index in [-0.39, 0.29) is 11.9 Å². The minimum atomic E-state index is -0.126. The molecule has 0 amide bonds. The van der Waals surface area contributed by atoms with Crippen LogP contribution in [0.3, 0.4) is 0 Å². The smallest absolute Gasteiger partial charge is 0.313 e. The maximum absolute atomic E-state index is 12.2. The Kier molecular flexibility index (Phi) is 5.90. The van der Waals surface area contributed by atoms with Crippen LogP contribution >= 0.6 is 0 Å². The van der Waals surface area contributed by atoms with Crippen molar-refractivity contribution < 1.29 is 14.3 Å². The van der Waals surface area contributed by atoms with Gasteiger partial charge in [0.1, 0.15) is 5.75 Å². The number of methoxy groups -OCH3 is 1. The van der Waals surface area contributed by atoms with Crippen molar-refractivity contribution in [3.05, 3.63) is 29.8 Å². The fourth-order valence-electron chi connectivity index (χ4n) is 2.69. The summed E-state index contributed by atoms with van der Waals surface area (Å²) in [6, 6.07) is 7.77. The Morgan fingerprint density at radius 1 is 1.00 bits per heavy atom. The molecule has 1 aliphatic rings. The first-order chi connectivity index (χ1) is 9.81. The van der Waals surface area contributed by atoms with Gasteiger partial charge in [-0.25, -0.2) is 0 Å². The summed E-state index contributed by atoms with van der Waals surface area (Å²) in [5, 5.41) is 0. The summed E-state index contributed by atoms with van der Waals surface area (Å²) >= 11 is 0. The van der Waals surface area contributed by atoms with Crippen LogP contribution in [-0.4, -0.2) is 19.7 Å². The molecule has 1 unspecified atom stereocenters. The highest BCUT2D eigenvalue weighted by atomic mass is 16.5. The van der Waals surface area contributed by atoms with Gasteiger partial charge in [0, 0.05) is 0 Å². The molecular formula is C17H24O3. The molecule has 1 saturated heterocycles. The fraction of sp³-hybridized carbons (Fsp3) is 0.588. The fourth-order valence-corrected chi connectivity index (χ4v) is 2.69. The van der Waals surface area contributed by atoms with Crippen molar-refractivity contribution in [2.24, 2.45) is 0 Å². The lowest BCUT2D eigenvalue weighted by Crippen LogP contribution is -2.16. The number of esters is 1. The maximum Gasteiger partial charge on any atom is 0.313 e. The van der Waals surface area contributed by atoms with Crippen molar-refractivity contribution in [2.75, 3.05) is 13.7 Å². The molecule has 0 spiro atoms. The van der Waals surface area contributed by atoms with E-state index in [1.165, 1.54) is 25.7 Å². The second kappa shape index (κ2) is 7.93. The van der Waals surface area contributed by atoms with E-state index in [9.17, 15) is 4.79 Å². The normalized spacial score (nSPS) is 21.6. The third-order valence-corrected chi connectivity index (χ3v) is 3.93. The zero-order chi connectivity index (χ0) is 14.2. The van der Waals surface area contributed by atoms with Crippen LogP contribution in [0, 0.1) is 0 Å². The van der Waals surface area contributed by atoms with Crippen molar-refractivity contribution >= 4 is 5.97 Å². The van der Waals surface area contributed by atoms with Gasteiger partial charge in [0.25, 0.3) is 0 Å². The number of carbonyl (C=O) groups excluding carboxylic acids is 1. The van der Waals surface area contributed by atoms with Crippen molar-refractivity contribution in [1.82, 2.24) is 0 Å². The first kappa shape index (κ1) is 14.9. The number of ether oxygens (including phenoxy) is 2. The molecule has 0 radical (unpaired) electrons. The molecule has 1 atom stereocenters. The average Bonchev–Trinajstić information content (AvgIpc) is 2.53. The average molecular weight is 276 g/mol. The third-order valence-electron chi connectivity index (χ3n) is 3.93. The predicted octanol–water partition coefficient (Wildman–Crippen LogP) is 4.07. The number of rotatable bonds is 2. The van der Waals surface area contributed by atoms with Crippen molar-refractivity contribution in [1.29, 1.82) is 0 Å². The molecule has 0 aromatic heterocycles. The molecule has 2 rings (SSSR count). The minimum Gasteiger partial charge on any atom is -0.497 e. The largest absolute Gasteiger partial charge is 0.497 e. The number of carbonyl (C=O) groups is 1. The second-order valence-electron chi connectivity index (χ2n) is 5.40. The van der Waals surface area contributed by atoms with Gasteiger partial charge in [-0.05, 0) is 30.5 Å². The van der Waals surface area contributed by atoms with Gasteiger partial charge in [-0.2, -0.15) is 0 Å². The van der Waals surface area contributed by atoms with Crippen LogP contribution in [0.4, 0.5) is 0 Å². The third kappa shape index (κ3) is 4.26. The van der Waals surface area contributed by atoms with E-state index in [0.29, 0.717) is 6.61 Å². The van der Waals surface area contributed by atoms with Gasteiger partial charge in [-0.15, -0.1) is 0 Å². The predicted molar refractivity (Wildman–Crippen MR) is 79.0 cm³/mol. The highest BCUT2D eigenvalue weighted by Gasteiger charge is 2.22. The zero-order valence-corrected chi connectivity index (χ0v) is 12.3. The molecule has 3 nitrogen and oxygen atoms in total. The number of benzene rings is 1. The Bertz CT molecular complexity index is 411. The quantitative estimate of drug-likeness (QED) is 0.764. The summed E-state index contributed by atoms with van der Waals surface area (Å²) < 4.78 is 10.6. The molecule has 0 aliphatic carbocycles. The summed E-state index contributed by atoms with van der Waals surface area (Å²) in [4.78, 5) is 12.2. The Labute approximate surface area is 121 Å². The van der Waals surface area contributed by atoms with Crippen LogP contribution in [0.1, 0.15) is 56.4 Å². The summed E-state index contributed by atoms with van der Waals surface area (Å²) in [5.41, 5.74) is 1.04. The molecule has 0 bridgehead atoms. The van der Waals surface area contributed by atoms with Crippen LogP contribution in [0.2, 0.25) is 0 Å². The Hall–Kier alpha value is -1.51. The van der Waals surface area contributed by atoms with Gasteiger partial charge in [0.2, 0.25) is 0 Å². The van der Waals surface area contributed by atoms with E-state index in [2.05, 4.69) is 0 Å². The number of cyclic esters (lactones) is 1. The molecule has 1 aliphatic heterocycles. The molecule has 1 fully saturated rings. The van der Waals surface area contributed by atoms with Crippen LogP contribution in [0.15, 0.2) is 24.3 Å². The van der Waals surface area contributed by atoms with E-state index in [4.69, 9.17) is 9.47 Å². The van der Waals surface area contributed by atoms with E-state index in [0.717, 1.165) is 30.6 Å². The van der Waals surface area contributed by atoms with Crippen LogP contribution in [-0.2, 0) is 9.53 Å². The Morgan fingerprint density at radius 2 is 1.65 bits per heavy atom. The molecular weight excluding hydrogens is 252 g/mol. The summed E-state index contributed by atoms with van der Waals surface area (Å²) in [5.74, 6) is 0.620. The van der Waals surface area contributed by atoms with E-state index < -0.39 is 0 Å².